The van der Waals surface area contributed by atoms with Crippen LogP contribution in [0.5, 0.6) is 0 Å². The fourth-order valence-corrected chi connectivity index (χ4v) is 2.66. The molecular formula is C13H21NO3. The molecule has 0 spiro atoms. The minimum Gasteiger partial charge on any atom is -0.378 e. The average molecular weight is 239 g/mol. The number of amides is 1. The van der Waals surface area contributed by atoms with Gasteiger partial charge >= 0.3 is 0 Å². The van der Waals surface area contributed by atoms with Gasteiger partial charge in [0, 0.05) is 32.5 Å². The van der Waals surface area contributed by atoms with Gasteiger partial charge in [0.25, 0.3) is 0 Å². The summed E-state index contributed by atoms with van der Waals surface area (Å²) in [6, 6.07) is 0.251. The molecule has 1 amide bonds. The van der Waals surface area contributed by atoms with Crippen LogP contribution in [0.1, 0.15) is 44.9 Å². The fraction of sp³-hybridized carbons (Fsp3) is 0.846. The van der Waals surface area contributed by atoms with Crippen LogP contribution in [0.4, 0.5) is 0 Å². The van der Waals surface area contributed by atoms with Gasteiger partial charge < -0.3 is 9.64 Å². The summed E-state index contributed by atoms with van der Waals surface area (Å²) in [6.45, 7) is 0.791. The van der Waals surface area contributed by atoms with E-state index >= 15 is 0 Å². The van der Waals surface area contributed by atoms with Crippen molar-refractivity contribution in [1.82, 2.24) is 4.90 Å². The molecule has 4 nitrogen and oxygen atoms in total. The SMILES string of the molecule is CN(C(=O)CC1CCCO1)C1CCC(=O)CC1. The van der Waals surface area contributed by atoms with Crippen LogP contribution in [-0.4, -0.2) is 42.4 Å². The van der Waals surface area contributed by atoms with Crippen LogP contribution in [0.3, 0.4) is 0 Å². The lowest BCUT2D eigenvalue weighted by molar-refractivity contribution is -0.136. The minimum absolute atomic E-state index is 0.121. The Morgan fingerprint density at radius 2 is 2.06 bits per heavy atom. The summed E-state index contributed by atoms with van der Waals surface area (Å²) in [5, 5.41) is 0. The summed E-state index contributed by atoms with van der Waals surface area (Å²) in [5.41, 5.74) is 0. The summed E-state index contributed by atoms with van der Waals surface area (Å²) < 4.78 is 5.48. The monoisotopic (exact) mass is 239 g/mol. The van der Waals surface area contributed by atoms with Crippen LogP contribution in [0, 0.1) is 0 Å². The molecule has 1 atom stereocenters. The number of hydrogen-bond donors (Lipinski definition) is 0. The molecule has 96 valence electrons. The van der Waals surface area contributed by atoms with Crippen molar-refractivity contribution in [1.29, 1.82) is 0 Å². The lowest BCUT2D eigenvalue weighted by Crippen LogP contribution is -2.40. The molecule has 0 aromatic heterocycles. The largest absolute Gasteiger partial charge is 0.378 e. The van der Waals surface area contributed by atoms with Gasteiger partial charge in [0.05, 0.1) is 12.5 Å². The number of ketones is 1. The standard InChI is InChI=1S/C13H21NO3/c1-14(10-4-6-11(15)7-5-10)13(16)9-12-3-2-8-17-12/h10,12H,2-9H2,1H3. The summed E-state index contributed by atoms with van der Waals surface area (Å²) in [6.07, 6.45) is 5.60. The maximum atomic E-state index is 12.0. The van der Waals surface area contributed by atoms with Gasteiger partial charge in [-0.1, -0.05) is 0 Å². The van der Waals surface area contributed by atoms with Crippen LogP contribution >= 0.6 is 0 Å². The van der Waals surface area contributed by atoms with E-state index in [0.29, 0.717) is 25.0 Å². The van der Waals surface area contributed by atoms with Crippen LogP contribution in [0.15, 0.2) is 0 Å². The van der Waals surface area contributed by atoms with Crippen LogP contribution < -0.4 is 0 Å². The number of rotatable bonds is 3. The number of nitrogens with zero attached hydrogens (tertiary/aromatic N) is 1. The Morgan fingerprint density at radius 3 is 2.65 bits per heavy atom. The second-order valence-corrected chi connectivity index (χ2v) is 5.11. The van der Waals surface area contributed by atoms with Gasteiger partial charge in [-0.25, -0.2) is 0 Å². The maximum Gasteiger partial charge on any atom is 0.225 e. The van der Waals surface area contributed by atoms with Crippen molar-refractivity contribution >= 4 is 11.7 Å². The van der Waals surface area contributed by atoms with Gasteiger partial charge in [0.2, 0.25) is 5.91 Å². The minimum atomic E-state index is 0.121. The molecule has 2 aliphatic rings. The Labute approximate surface area is 102 Å². The molecule has 0 aromatic carbocycles. The molecule has 1 aliphatic heterocycles. The summed E-state index contributed by atoms with van der Waals surface area (Å²) in [5.74, 6) is 0.498. The number of carbonyl (C=O) groups is 2. The zero-order chi connectivity index (χ0) is 12.3. The zero-order valence-electron chi connectivity index (χ0n) is 10.5. The molecule has 0 N–H and O–H groups in total. The van der Waals surface area contributed by atoms with E-state index in [1.54, 1.807) is 0 Å². The van der Waals surface area contributed by atoms with Gasteiger partial charge in [-0.05, 0) is 25.7 Å². The van der Waals surface area contributed by atoms with Crippen molar-refractivity contribution in [3.05, 3.63) is 0 Å². The quantitative estimate of drug-likeness (QED) is 0.750. The summed E-state index contributed by atoms with van der Waals surface area (Å²) in [7, 11) is 1.86. The molecule has 2 fully saturated rings. The van der Waals surface area contributed by atoms with Crippen molar-refractivity contribution in [2.75, 3.05) is 13.7 Å². The third-order valence-electron chi connectivity index (χ3n) is 3.88. The van der Waals surface area contributed by atoms with E-state index < -0.39 is 0 Å². The Morgan fingerprint density at radius 1 is 1.35 bits per heavy atom. The molecule has 1 unspecified atom stereocenters. The molecule has 17 heavy (non-hydrogen) atoms. The van der Waals surface area contributed by atoms with Crippen molar-refractivity contribution in [2.45, 2.75) is 57.1 Å². The molecule has 4 heteroatoms. The van der Waals surface area contributed by atoms with Crippen LogP contribution in [0.25, 0.3) is 0 Å². The van der Waals surface area contributed by atoms with E-state index in [4.69, 9.17) is 4.74 Å². The van der Waals surface area contributed by atoms with Crippen LogP contribution in [0.2, 0.25) is 0 Å². The number of carbonyl (C=O) groups excluding carboxylic acids is 2. The predicted molar refractivity (Wildman–Crippen MR) is 63.6 cm³/mol. The van der Waals surface area contributed by atoms with Crippen molar-refractivity contribution in [3.63, 3.8) is 0 Å². The third-order valence-corrected chi connectivity index (χ3v) is 3.88. The molecule has 1 saturated carbocycles. The van der Waals surface area contributed by atoms with E-state index in [2.05, 4.69) is 0 Å². The lowest BCUT2D eigenvalue weighted by Gasteiger charge is -2.31. The normalized spacial score (nSPS) is 26.2. The van der Waals surface area contributed by atoms with E-state index in [-0.39, 0.29) is 18.1 Å². The van der Waals surface area contributed by atoms with Gasteiger partial charge in [0.1, 0.15) is 5.78 Å². The number of ether oxygens (including phenoxy) is 1. The third kappa shape index (κ3) is 3.28. The fourth-order valence-electron chi connectivity index (χ4n) is 2.66. The Balaban J connectivity index is 1.79. The lowest BCUT2D eigenvalue weighted by atomic mass is 9.93. The van der Waals surface area contributed by atoms with E-state index in [1.807, 2.05) is 11.9 Å². The van der Waals surface area contributed by atoms with Crippen molar-refractivity contribution in [3.8, 4) is 0 Å². The van der Waals surface area contributed by atoms with Crippen molar-refractivity contribution < 1.29 is 14.3 Å². The van der Waals surface area contributed by atoms with Crippen molar-refractivity contribution in [2.24, 2.45) is 0 Å². The zero-order valence-corrected chi connectivity index (χ0v) is 10.5. The smallest absolute Gasteiger partial charge is 0.225 e. The first kappa shape index (κ1) is 12.6. The highest BCUT2D eigenvalue weighted by Gasteiger charge is 2.27. The Bertz CT molecular complexity index is 287. The number of Topliss-reactive ketones (excluding diaryl/α,β-unsaturated/α-hetero) is 1. The first-order valence-electron chi connectivity index (χ1n) is 6.56. The molecule has 1 heterocycles. The van der Waals surface area contributed by atoms with E-state index in [0.717, 1.165) is 32.3 Å². The molecule has 0 aromatic rings. The highest BCUT2D eigenvalue weighted by molar-refractivity contribution is 5.80. The molecule has 1 saturated heterocycles. The molecule has 0 bridgehead atoms. The van der Waals surface area contributed by atoms with Gasteiger partial charge in [0.15, 0.2) is 0 Å². The second-order valence-electron chi connectivity index (χ2n) is 5.11. The summed E-state index contributed by atoms with van der Waals surface area (Å²) in [4.78, 5) is 25.0. The molecule has 0 radical (unpaired) electrons. The topological polar surface area (TPSA) is 46.6 Å². The Kier molecular flexibility index (Phi) is 4.15. The summed E-state index contributed by atoms with van der Waals surface area (Å²) >= 11 is 0. The highest BCUT2D eigenvalue weighted by Crippen LogP contribution is 2.22. The Hall–Kier alpha value is -0.900. The molecule has 1 aliphatic carbocycles. The first-order chi connectivity index (χ1) is 8.16. The van der Waals surface area contributed by atoms with E-state index in [9.17, 15) is 9.59 Å². The van der Waals surface area contributed by atoms with Crippen LogP contribution in [-0.2, 0) is 14.3 Å². The van der Waals surface area contributed by atoms with Gasteiger partial charge in [-0.3, -0.25) is 9.59 Å². The molecular weight excluding hydrogens is 218 g/mol. The number of hydrogen-bond acceptors (Lipinski definition) is 3. The maximum absolute atomic E-state index is 12.0. The van der Waals surface area contributed by atoms with Gasteiger partial charge in [-0.15, -0.1) is 0 Å². The highest BCUT2D eigenvalue weighted by atomic mass is 16.5. The van der Waals surface area contributed by atoms with Gasteiger partial charge in [-0.2, -0.15) is 0 Å². The molecule has 2 rings (SSSR count). The predicted octanol–water partition coefficient (Wildman–Crippen LogP) is 1.53. The van der Waals surface area contributed by atoms with E-state index in [1.165, 1.54) is 0 Å². The first-order valence-corrected chi connectivity index (χ1v) is 6.56. The average Bonchev–Trinajstić information content (AvgIpc) is 2.82. The second kappa shape index (κ2) is 5.63.